The van der Waals surface area contributed by atoms with Gasteiger partial charge in [0.25, 0.3) is 5.91 Å². The zero-order chi connectivity index (χ0) is 15.6. The molecule has 0 atom stereocenters. The van der Waals surface area contributed by atoms with Gasteiger partial charge in [0.2, 0.25) is 10.9 Å². The number of rotatable bonds is 4. The number of primary amides is 1. The molecule has 2 rings (SSSR count). The quantitative estimate of drug-likeness (QED) is 0.669. The molecule has 110 valence electrons. The standard InChI is InChI=1S/C12H13N5O3S/c1-17(21(19)20)8-4-2-7(3-5-8)10-9(12(14)18)11(13)16-6-15-10/h2-6,21H,1H3,(H2,14,18)(H2,13,15,16). The summed E-state index contributed by atoms with van der Waals surface area (Å²) in [7, 11) is -1.28. The molecule has 0 fully saturated rings. The van der Waals surface area contributed by atoms with Crippen LogP contribution >= 0.6 is 0 Å². The summed E-state index contributed by atoms with van der Waals surface area (Å²) in [5, 5.41) is 0. The second kappa shape index (κ2) is 5.75. The van der Waals surface area contributed by atoms with Gasteiger partial charge < -0.3 is 11.5 Å². The molecule has 0 aliphatic rings. The highest BCUT2D eigenvalue weighted by Crippen LogP contribution is 2.26. The summed E-state index contributed by atoms with van der Waals surface area (Å²) in [5.74, 6) is -0.733. The number of thiol groups is 1. The van der Waals surface area contributed by atoms with Crippen molar-refractivity contribution in [1.29, 1.82) is 0 Å². The number of nitrogens with zero attached hydrogens (tertiary/aromatic N) is 3. The van der Waals surface area contributed by atoms with Crippen LogP contribution in [0.1, 0.15) is 10.4 Å². The van der Waals surface area contributed by atoms with Crippen molar-refractivity contribution < 1.29 is 13.2 Å². The molecule has 0 aliphatic heterocycles. The molecule has 1 aromatic heterocycles. The van der Waals surface area contributed by atoms with Gasteiger partial charge in [0, 0.05) is 12.6 Å². The smallest absolute Gasteiger partial charge is 0.254 e. The number of aromatic nitrogens is 2. The van der Waals surface area contributed by atoms with Gasteiger partial charge in [-0.2, -0.15) is 0 Å². The van der Waals surface area contributed by atoms with Gasteiger partial charge in [-0.1, -0.05) is 12.1 Å². The fourth-order valence-corrected chi connectivity index (χ4v) is 2.11. The van der Waals surface area contributed by atoms with Crippen molar-refractivity contribution in [2.24, 2.45) is 5.73 Å². The molecule has 0 saturated carbocycles. The minimum absolute atomic E-state index is 0.00340. The molecule has 1 aromatic carbocycles. The predicted molar refractivity (Wildman–Crippen MR) is 79.1 cm³/mol. The van der Waals surface area contributed by atoms with Crippen molar-refractivity contribution in [2.45, 2.75) is 0 Å². The summed E-state index contributed by atoms with van der Waals surface area (Å²) in [6.45, 7) is 0. The van der Waals surface area contributed by atoms with E-state index in [0.29, 0.717) is 16.9 Å². The van der Waals surface area contributed by atoms with Crippen LogP contribution in [0.25, 0.3) is 11.3 Å². The molecular formula is C12H13N5O3S. The Morgan fingerprint density at radius 3 is 2.33 bits per heavy atom. The molecule has 1 heterocycles. The number of carbonyl (C=O) groups is 1. The number of amides is 1. The first-order valence-corrected chi connectivity index (χ1v) is 6.93. The number of anilines is 2. The van der Waals surface area contributed by atoms with Crippen LogP contribution in [0.4, 0.5) is 11.5 Å². The van der Waals surface area contributed by atoms with Gasteiger partial charge in [-0.15, -0.1) is 0 Å². The highest BCUT2D eigenvalue weighted by atomic mass is 32.2. The van der Waals surface area contributed by atoms with E-state index in [1.807, 2.05) is 0 Å². The largest absolute Gasteiger partial charge is 0.383 e. The number of benzene rings is 1. The first-order valence-electron chi connectivity index (χ1n) is 5.80. The van der Waals surface area contributed by atoms with Crippen LogP contribution in [0.5, 0.6) is 0 Å². The molecule has 0 unspecified atom stereocenters. The van der Waals surface area contributed by atoms with Crippen molar-refractivity contribution in [2.75, 3.05) is 17.1 Å². The Hall–Kier alpha value is -2.68. The van der Waals surface area contributed by atoms with Crippen molar-refractivity contribution in [3.63, 3.8) is 0 Å². The topological polar surface area (TPSA) is 132 Å². The Morgan fingerprint density at radius 1 is 1.19 bits per heavy atom. The Bertz CT molecular complexity index is 750. The first kappa shape index (κ1) is 14.7. The van der Waals surface area contributed by atoms with Gasteiger partial charge in [0.1, 0.15) is 17.7 Å². The molecule has 21 heavy (non-hydrogen) atoms. The highest BCUT2D eigenvalue weighted by molar-refractivity contribution is 7.74. The van der Waals surface area contributed by atoms with Crippen molar-refractivity contribution in [1.82, 2.24) is 9.97 Å². The van der Waals surface area contributed by atoms with E-state index in [1.165, 1.54) is 13.4 Å². The van der Waals surface area contributed by atoms with Crippen LogP contribution in [0.15, 0.2) is 30.6 Å². The lowest BCUT2D eigenvalue weighted by atomic mass is 10.1. The Balaban J connectivity index is 2.49. The van der Waals surface area contributed by atoms with Crippen molar-refractivity contribution in [3.05, 3.63) is 36.2 Å². The van der Waals surface area contributed by atoms with Gasteiger partial charge in [-0.25, -0.2) is 18.4 Å². The molecule has 4 N–H and O–H groups in total. The predicted octanol–water partition coefficient (Wildman–Crippen LogP) is -0.213. The second-order valence-electron chi connectivity index (χ2n) is 4.16. The Kier molecular flexibility index (Phi) is 4.03. The fraction of sp³-hybridized carbons (Fsp3) is 0.0833. The summed E-state index contributed by atoms with van der Waals surface area (Å²) in [4.78, 5) is 19.2. The Morgan fingerprint density at radius 2 is 1.81 bits per heavy atom. The monoisotopic (exact) mass is 307 g/mol. The lowest BCUT2D eigenvalue weighted by Crippen LogP contribution is -2.17. The van der Waals surface area contributed by atoms with Crippen molar-refractivity contribution >= 4 is 28.3 Å². The van der Waals surface area contributed by atoms with E-state index in [-0.39, 0.29) is 11.4 Å². The van der Waals surface area contributed by atoms with E-state index in [0.717, 1.165) is 4.31 Å². The molecule has 0 spiro atoms. The maximum absolute atomic E-state index is 11.5. The third kappa shape index (κ3) is 2.92. The van der Waals surface area contributed by atoms with Crippen LogP contribution < -0.4 is 15.8 Å². The molecule has 1 amide bonds. The number of nitrogens with two attached hydrogens (primary N) is 2. The lowest BCUT2D eigenvalue weighted by molar-refractivity contribution is 0.100. The molecular weight excluding hydrogens is 294 g/mol. The summed E-state index contributed by atoms with van der Waals surface area (Å²) < 4.78 is 22.9. The zero-order valence-electron chi connectivity index (χ0n) is 11.1. The van der Waals surface area contributed by atoms with Crippen LogP contribution in [-0.2, 0) is 10.9 Å². The third-order valence-corrected chi connectivity index (χ3v) is 3.60. The number of nitrogen functional groups attached to an aromatic ring is 1. The van der Waals surface area contributed by atoms with Gasteiger partial charge in [0.15, 0.2) is 0 Å². The second-order valence-corrected chi connectivity index (χ2v) is 5.23. The third-order valence-electron chi connectivity index (χ3n) is 2.88. The van der Waals surface area contributed by atoms with Crippen molar-refractivity contribution in [3.8, 4) is 11.3 Å². The molecule has 0 radical (unpaired) electrons. The summed E-state index contributed by atoms with van der Waals surface area (Å²) >= 11 is 0. The lowest BCUT2D eigenvalue weighted by Gasteiger charge is -2.12. The van der Waals surface area contributed by atoms with Gasteiger partial charge in [0.05, 0.1) is 11.4 Å². The van der Waals surface area contributed by atoms with Crippen LogP contribution in [0.3, 0.4) is 0 Å². The maximum Gasteiger partial charge on any atom is 0.254 e. The molecule has 0 aliphatic carbocycles. The average Bonchev–Trinajstić information content (AvgIpc) is 2.46. The van der Waals surface area contributed by atoms with Gasteiger partial charge in [-0.3, -0.25) is 9.10 Å². The van der Waals surface area contributed by atoms with Crippen LogP contribution in [0, 0.1) is 0 Å². The van der Waals surface area contributed by atoms with E-state index in [1.54, 1.807) is 24.3 Å². The van der Waals surface area contributed by atoms with E-state index >= 15 is 0 Å². The van der Waals surface area contributed by atoms with Crippen LogP contribution in [0.2, 0.25) is 0 Å². The molecule has 2 aromatic rings. The number of hydrogen-bond donors (Lipinski definition) is 3. The molecule has 0 saturated heterocycles. The van der Waals surface area contributed by atoms with E-state index < -0.39 is 16.8 Å². The SMILES string of the molecule is CN(c1ccc(-c2ncnc(N)c2C(N)=O)cc1)[SH](=O)=O. The number of carbonyl (C=O) groups excluding carboxylic acids is 1. The van der Waals surface area contributed by atoms with Gasteiger partial charge >= 0.3 is 0 Å². The minimum atomic E-state index is -2.71. The van der Waals surface area contributed by atoms with Gasteiger partial charge in [-0.05, 0) is 12.1 Å². The van der Waals surface area contributed by atoms with E-state index in [4.69, 9.17) is 11.5 Å². The Labute approximate surface area is 122 Å². The van der Waals surface area contributed by atoms with E-state index in [9.17, 15) is 13.2 Å². The normalized spacial score (nSPS) is 10.6. The summed E-state index contributed by atoms with van der Waals surface area (Å²) in [6.07, 6.45) is 1.23. The summed E-state index contributed by atoms with van der Waals surface area (Å²) in [5.41, 5.74) is 12.3. The molecule has 0 bridgehead atoms. The van der Waals surface area contributed by atoms with E-state index in [2.05, 4.69) is 9.97 Å². The summed E-state index contributed by atoms with van der Waals surface area (Å²) in [6, 6.07) is 6.42. The highest BCUT2D eigenvalue weighted by Gasteiger charge is 2.16. The first-order chi connectivity index (χ1) is 9.91. The molecule has 8 nitrogen and oxygen atoms in total. The van der Waals surface area contributed by atoms with Crippen LogP contribution in [-0.4, -0.2) is 31.3 Å². The number of hydrogen-bond acceptors (Lipinski definition) is 6. The average molecular weight is 307 g/mol. The fourth-order valence-electron chi connectivity index (χ4n) is 1.79. The zero-order valence-corrected chi connectivity index (χ0v) is 11.9. The minimum Gasteiger partial charge on any atom is -0.383 e. The maximum atomic E-state index is 11.5. The molecule has 9 heteroatoms.